The maximum Gasteiger partial charge on any atom is 0.283 e. The molecule has 6 nitrogen and oxygen atoms in total. The van der Waals surface area contributed by atoms with Crippen LogP contribution in [-0.2, 0) is 14.7 Å². The van der Waals surface area contributed by atoms with Crippen LogP contribution in [0, 0.1) is 27.4 Å². The van der Waals surface area contributed by atoms with Crippen molar-refractivity contribution in [3.63, 3.8) is 0 Å². The summed E-state index contributed by atoms with van der Waals surface area (Å²) in [6.07, 6.45) is 3.07. The largest absolute Gasteiger partial charge is 0.547 e. The van der Waals surface area contributed by atoms with Crippen LogP contribution in [0.4, 0.5) is 0 Å². The zero-order valence-electron chi connectivity index (χ0n) is 15.4. The summed E-state index contributed by atoms with van der Waals surface area (Å²) in [6.45, 7) is 6.20. The van der Waals surface area contributed by atoms with Gasteiger partial charge in [-0.25, -0.2) is 0 Å². The fourth-order valence-electron chi connectivity index (χ4n) is 4.00. The lowest BCUT2D eigenvalue weighted by Gasteiger charge is -2.43. The van der Waals surface area contributed by atoms with E-state index in [4.69, 9.17) is 9.16 Å². The van der Waals surface area contributed by atoms with Gasteiger partial charge in [-0.05, 0) is 25.7 Å². The summed E-state index contributed by atoms with van der Waals surface area (Å²) in [5, 5.41) is 21.9. The summed E-state index contributed by atoms with van der Waals surface area (Å²) in [5.74, 6) is 0.203. The summed E-state index contributed by atoms with van der Waals surface area (Å²) < 4.78 is 11.7. The summed E-state index contributed by atoms with van der Waals surface area (Å²) in [4.78, 5) is 12.1. The van der Waals surface area contributed by atoms with Crippen LogP contribution in [0.1, 0.15) is 17.5 Å². The van der Waals surface area contributed by atoms with Gasteiger partial charge in [0, 0.05) is 29.6 Å². The molecule has 1 aromatic rings. The van der Waals surface area contributed by atoms with E-state index in [1.807, 2.05) is 0 Å². The van der Waals surface area contributed by atoms with E-state index in [1.165, 1.54) is 7.11 Å². The van der Waals surface area contributed by atoms with Gasteiger partial charge in [-0.3, -0.25) is 10.1 Å². The van der Waals surface area contributed by atoms with E-state index in [0.29, 0.717) is 28.9 Å². The third kappa shape index (κ3) is 2.75. The standard InChI is InChI=1S/C19H22N2O4Si/c1-24-18-11-15(25-26(2,3)4)10-14-9-13(12-20)16-7-5-6-8-17(16)19(14,18)21(22)23/h5-9,11,14,18H,10H2,1-4H3/t14-,18?,19-/m0/s1. The molecule has 0 N–H and O–H groups in total. The monoisotopic (exact) mass is 370 g/mol. The van der Waals surface area contributed by atoms with E-state index in [2.05, 4.69) is 25.7 Å². The molecular formula is C19H22N2O4Si. The zero-order chi connectivity index (χ0) is 19.1. The second-order valence-corrected chi connectivity index (χ2v) is 12.1. The Morgan fingerprint density at radius 2 is 2.00 bits per heavy atom. The number of benzene rings is 1. The van der Waals surface area contributed by atoms with Crippen molar-refractivity contribution in [1.29, 1.82) is 5.26 Å². The number of ether oxygens (including phenoxy) is 1. The molecule has 2 aliphatic carbocycles. The molecule has 1 aromatic carbocycles. The van der Waals surface area contributed by atoms with E-state index < -0.39 is 25.9 Å². The Bertz CT molecular complexity index is 850. The first-order valence-corrected chi connectivity index (χ1v) is 11.9. The minimum absolute atomic E-state index is 0.253. The number of hydrogen-bond donors (Lipinski definition) is 0. The summed E-state index contributed by atoms with van der Waals surface area (Å²) in [5.41, 5.74) is 0.141. The molecule has 3 rings (SSSR count). The summed E-state index contributed by atoms with van der Waals surface area (Å²) >= 11 is 0. The van der Waals surface area contributed by atoms with Crippen molar-refractivity contribution in [3.05, 3.63) is 63.4 Å². The van der Waals surface area contributed by atoms with Crippen LogP contribution in [0.2, 0.25) is 19.6 Å². The van der Waals surface area contributed by atoms with Crippen molar-refractivity contribution in [2.75, 3.05) is 7.11 Å². The van der Waals surface area contributed by atoms with Crippen LogP contribution >= 0.6 is 0 Å². The Morgan fingerprint density at radius 3 is 2.58 bits per heavy atom. The molecule has 0 saturated heterocycles. The number of methoxy groups -OCH3 is 1. The molecule has 0 heterocycles. The SMILES string of the molecule is COC1C=C(O[Si](C)(C)C)C[C@@H]2C=C(C#N)c3ccccc3[C@]12[N+](=O)[O-]. The molecule has 3 atom stereocenters. The van der Waals surface area contributed by atoms with E-state index in [-0.39, 0.29) is 4.92 Å². The molecular weight excluding hydrogens is 348 g/mol. The van der Waals surface area contributed by atoms with Gasteiger partial charge in [0.15, 0.2) is 6.10 Å². The van der Waals surface area contributed by atoms with Gasteiger partial charge in [-0.2, -0.15) is 5.26 Å². The van der Waals surface area contributed by atoms with E-state index in [1.54, 1.807) is 36.4 Å². The van der Waals surface area contributed by atoms with Crippen molar-refractivity contribution in [3.8, 4) is 6.07 Å². The van der Waals surface area contributed by atoms with Gasteiger partial charge in [-0.15, -0.1) is 0 Å². The fraction of sp³-hybridized carbons (Fsp3) is 0.421. The number of nitro groups is 1. The molecule has 0 saturated carbocycles. The first-order valence-electron chi connectivity index (χ1n) is 8.53. The van der Waals surface area contributed by atoms with Crippen molar-refractivity contribution in [1.82, 2.24) is 0 Å². The molecule has 0 spiro atoms. The van der Waals surface area contributed by atoms with Crippen molar-refractivity contribution < 1.29 is 14.1 Å². The van der Waals surface area contributed by atoms with Gasteiger partial charge in [0.2, 0.25) is 8.32 Å². The fourth-order valence-corrected chi connectivity index (χ4v) is 4.93. The molecule has 26 heavy (non-hydrogen) atoms. The topological polar surface area (TPSA) is 85.4 Å². The van der Waals surface area contributed by atoms with Crippen molar-refractivity contribution in [2.24, 2.45) is 5.92 Å². The highest BCUT2D eigenvalue weighted by Crippen LogP contribution is 2.51. The first kappa shape index (κ1) is 18.4. The van der Waals surface area contributed by atoms with Crippen LogP contribution in [-0.4, -0.2) is 26.5 Å². The number of allylic oxidation sites excluding steroid dienone is 2. The number of rotatable bonds is 4. The lowest BCUT2D eigenvalue weighted by Crippen LogP contribution is -2.55. The highest BCUT2D eigenvalue weighted by Gasteiger charge is 2.62. The van der Waals surface area contributed by atoms with Crippen molar-refractivity contribution >= 4 is 13.9 Å². The van der Waals surface area contributed by atoms with Gasteiger partial charge in [0.05, 0.1) is 23.3 Å². The first-order chi connectivity index (χ1) is 12.2. The second-order valence-electron chi connectivity index (χ2n) is 7.63. The van der Waals surface area contributed by atoms with E-state index in [9.17, 15) is 15.4 Å². The normalized spacial score (nSPS) is 27.3. The Kier molecular flexibility index (Phi) is 4.50. The molecule has 0 aliphatic heterocycles. The molecule has 7 heteroatoms. The van der Waals surface area contributed by atoms with Gasteiger partial charge in [-0.1, -0.05) is 30.3 Å². The number of nitrogens with zero attached hydrogens (tertiary/aromatic N) is 2. The predicted octanol–water partition coefficient (Wildman–Crippen LogP) is 3.85. The van der Waals surface area contributed by atoms with Gasteiger partial charge >= 0.3 is 0 Å². The van der Waals surface area contributed by atoms with Gasteiger partial charge in [0.1, 0.15) is 0 Å². The quantitative estimate of drug-likeness (QED) is 0.456. The molecule has 2 aliphatic rings. The summed E-state index contributed by atoms with van der Waals surface area (Å²) in [7, 11) is -0.392. The minimum atomic E-state index is -1.87. The Morgan fingerprint density at radius 1 is 1.31 bits per heavy atom. The third-order valence-electron chi connectivity index (χ3n) is 4.89. The Hall–Kier alpha value is -2.43. The molecule has 0 amide bonds. The molecule has 0 fully saturated rings. The highest BCUT2D eigenvalue weighted by atomic mass is 28.4. The second kappa shape index (κ2) is 6.38. The molecule has 0 radical (unpaired) electrons. The average molecular weight is 370 g/mol. The van der Waals surface area contributed by atoms with E-state index in [0.717, 1.165) is 0 Å². The highest BCUT2D eigenvalue weighted by molar-refractivity contribution is 6.70. The minimum Gasteiger partial charge on any atom is -0.547 e. The Balaban J connectivity index is 2.24. The van der Waals surface area contributed by atoms with Gasteiger partial charge < -0.3 is 9.16 Å². The molecule has 0 aromatic heterocycles. The van der Waals surface area contributed by atoms with Crippen LogP contribution in [0.5, 0.6) is 0 Å². The maximum absolute atomic E-state index is 12.4. The smallest absolute Gasteiger partial charge is 0.283 e. The number of fused-ring (bicyclic) bond motifs is 3. The average Bonchev–Trinajstić information content (AvgIpc) is 2.58. The maximum atomic E-state index is 12.4. The van der Waals surface area contributed by atoms with Crippen LogP contribution in [0.15, 0.2) is 42.2 Å². The molecule has 1 unspecified atom stereocenters. The van der Waals surface area contributed by atoms with Crippen LogP contribution in [0.3, 0.4) is 0 Å². The Labute approximate surface area is 154 Å². The van der Waals surface area contributed by atoms with Crippen LogP contribution < -0.4 is 0 Å². The van der Waals surface area contributed by atoms with Crippen LogP contribution in [0.25, 0.3) is 5.57 Å². The number of nitriles is 1. The van der Waals surface area contributed by atoms with Gasteiger partial charge in [0.25, 0.3) is 5.54 Å². The lowest BCUT2D eigenvalue weighted by molar-refractivity contribution is -0.601. The molecule has 136 valence electrons. The summed E-state index contributed by atoms with van der Waals surface area (Å²) in [6, 6.07) is 9.25. The lowest BCUT2D eigenvalue weighted by atomic mass is 9.64. The zero-order valence-corrected chi connectivity index (χ0v) is 16.4. The number of hydrogen-bond acceptors (Lipinski definition) is 5. The van der Waals surface area contributed by atoms with E-state index >= 15 is 0 Å². The predicted molar refractivity (Wildman–Crippen MR) is 100 cm³/mol. The molecule has 0 bridgehead atoms. The third-order valence-corrected chi connectivity index (χ3v) is 5.76. The van der Waals surface area contributed by atoms with Crippen molar-refractivity contribution in [2.45, 2.75) is 37.7 Å².